The van der Waals surface area contributed by atoms with Gasteiger partial charge in [0.15, 0.2) is 0 Å². The quantitative estimate of drug-likeness (QED) is 0.937. The predicted octanol–water partition coefficient (Wildman–Crippen LogP) is 3.58. The van der Waals surface area contributed by atoms with E-state index in [0.717, 1.165) is 0 Å². The third-order valence-electron chi connectivity index (χ3n) is 2.98. The van der Waals surface area contributed by atoms with Crippen LogP contribution >= 0.6 is 11.6 Å². The third-order valence-corrected chi connectivity index (χ3v) is 3.22. The Hall–Kier alpha value is -1.78. The van der Waals surface area contributed by atoms with Crippen molar-refractivity contribution in [2.45, 2.75) is 6.10 Å². The Bertz CT molecular complexity index is 616. The van der Waals surface area contributed by atoms with Gasteiger partial charge in [-0.1, -0.05) is 11.6 Å². The maximum atomic E-state index is 13.8. The Balaban J connectivity index is 2.51. The molecule has 20 heavy (non-hydrogen) atoms. The van der Waals surface area contributed by atoms with Crippen LogP contribution in [0.2, 0.25) is 5.02 Å². The Labute approximate surface area is 121 Å². The van der Waals surface area contributed by atoms with Gasteiger partial charge in [-0.05, 0) is 36.4 Å². The van der Waals surface area contributed by atoms with E-state index >= 15 is 0 Å². The summed E-state index contributed by atoms with van der Waals surface area (Å²) in [5, 5.41) is 10.7. The van der Waals surface area contributed by atoms with Crippen molar-refractivity contribution in [3.63, 3.8) is 0 Å². The van der Waals surface area contributed by atoms with Crippen LogP contribution in [0.3, 0.4) is 0 Å². The first-order chi connectivity index (χ1) is 9.56. The molecule has 0 fully saturated rings. The fourth-order valence-corrected chi connectivity index (χ4v) is 2.13. The molecule has 2 rings (SSSR count). The maximum Gasteiger partial charge on any atom is 0.129 e. The molecule has 0 spiro atoms. The first-order valence-electron chi connectivity index (χ1n) is 5.91. The number of aliphatic hydroxyl groups excluding tert-OH is 1. The minimum absolute atomic E-state index is 0.0871. The summed E-state index contributed by atoms with van der Waals surface area (Å²) < 4.78 is 24.1. The van der Waals surface area contributed by atoms with Crippen molar-refractivity contribution in [3.8, 4) is 11.5 Å². The number of ether oxygens (including phenoxy) is 2. The predicted molar refractivity (Wildman–Crippen MR) is 75.0 cm³/mol. The lowest BCUT2D eigenvalue weighted by molar-refractivity contribution is 0.209. The number of hydrogen-bond acceptors (Lipinski definition) is 3. The number of rotatable bonds is 4. The largest absolute Gasteiger partial charge is 0.497 e. The van der Waals surface area contributed by atoms with Crippen LogP contribution in [0.25, 0.3) is 0 Å². The van der Waals surface area contributed by atoms with E-state index in [1.165, 1.54) is 32.4 Å². The summed E-state index contributed by atoms with van der Waals surface area (Å²) in [6.45, 7) is 0. The van der Waals surface area contributed by atoms with Gasteiger partial charge in [0.2, 0.25) is 0 Å². The molecule has 1 unspecified atom stereocenters. The van der Waals surface area contributed by atoms with Crippen LogP contribution in [0, 0.1) is 5.82 Å². The minimum atomic E-state index is -1.20. The SMILES string of the molecule is COc1ccc(OC)c(C(O)c2cc(Cl)ccc2F)c1. The summed E-state index contributed by atoms with van der Waals surface area (Å²) in [4.78, 5) is 0. The molecule has 3 nitrogen and oxygen atoms in total. The molecular formula is C15H14ClFO3. The van der Waals surface area contributed by atoms with Gasteiger partial charge < -0.3 is 14.6 Å². The molecule has 1 atom stereocenters. The molecule has 0 aliphatic heterocycles. The second-order valence-electron chi connectivity index (χ2n) is 4.18. The third kappa shape index (κ3) is 2.86. The second kappa shape index (κ2) is 6.11. The highest BCUT2D eigenvalue weighted by atomic mass is 35.5. The Morgan fingerprint density at radius 1 is 1.05 bits per heavy atom. The topological polar surface area (TPSA) is 38.7 Å². The molecule has 0 saturated carbocycles. The van der Waals surface area contributed by atoms with Crippen LogP contribution in [-0.2, 0) is 0 Å². The Kier molecular flexibility index (Phi) is 4.47. The molecule has 5 heteroatoms. The van der Waals surface area contributed by atoms with E-state index in [1.54, 1.807) is 18.2 Å². The molecule has 2 aromatic rings. The maximum absolute atomic E-state index is 13.8. The van der Waals surface area contributed by atoms with E-state index in [-0.39, 0.29) is 5.56 Å². The summed E-state index contributed by atoms with van der Waals surface area (Å²) >= 11 is 5.85. The highest BCUT2D eigenvalue weighted by molar-refractivity contribution is 6.30. The van der Waals surface area contributed by atoms with Crippen LogP contribution < -0.4 is 9.47 Å². The number of halogens is 2. The lowest BCUT2D eigenvalue weighted by atomic mass is 10.00. The minimum Gasteiger partial charge on any atom is -0.497 e. The van der Waals surface area contributed by atoms with Crippen molar-refractivity contribution in [1.82, 2.24) is 0 Å². The molecule has 0 aromatic heterocycles. The van der Waals surface area contributed by atoms with Crippen molar-refractivity contribution >= 4 is 11.6 Å². The van der Waals surface area contributed by atoms with Gasteiger partial charge in [0.1, 0.15) is 23.4 Å². The van der Waals surface area contributed by atoms with E-state index in [0.29, 0.717) is 22.1 Å². The second-order valence-corrected chi connectivity index (χ2v) is 4.61. The Morgan fingerprint density at radius 2 is 1.80 bits per heavy atom. The molecule has 1 N–H and O–H groups in total. The molecule has 0 heterocycles. The van der Waals surface area contributed by atoms with Crippen LogP contribution in [0.15, 0.2) is 36.4 Å². The molecular weight excluding hydrogens is 283 g/mol. The smallest absolute Gasteiger partial charge is 0.129 e. The number of benzene rings is 2. The fraction of sp³-hybridized carbons (Fsp3) is 0.200. The average molecular weight is 297 g/mol. The van der Waals surface area contributed by atoms with Crippen molar-refractivity contribution in [2.24, 2.45) is 0 Å². The zero-order valence-corrected chi connectivity index (χ0v) is 11.8. The monoisotopic (exact) mass is 296 g/mol. The van der Waals surface area contributed by atoms with Crippen LogP contribution in [0.1, 0.15) is 17.2 Å². The average Bonchev–Trinajstić information content (AvgIpc) is 2.48. The lowest BCUT2D eigenvalue weighted by Crippen LogP contribution is -2.05. The van der Waals surface area contributed by atoms with Crippen LogP contribution in [-0.4, -0.2) is 19.3 Å². The van der Waals surface area contributed by atoms with Crippen molar-refractivity contribution < 1.29 is 19.0 Å². The number of aliphatic hydroxyl groups is 1. The molecule has 2 aromatic carbocycles. The van der Waals surface area contributed by atoms with E-state index in [2.05, 4.69) is 0 Å². The summed E-state index contributed by atoms with van der Waals surface area (Å²) in [6, 6.07) is 8.98. The first kappa shape index (κ1) is 14.6. The van der Waals surface area contributed by atoms with Gasteiger partial charge in [-0.15, -0.1) is 0 Å². The summed E-state index contributed by atoms with van der Waals surface area (Å²) in [5.74, 6) is 0.451. The molecule has 0 bridgehead atoms. The number of hydrogen-bond donors (Lipinski definition) is 1. The van der Waals surface area contributed by atoms with Gasteiger partial charge in [0, 0.05) is 16.1 Å². The zero-order chi connectivity index (χ0) is 14.7. The standard InChI is InChI=1S/C15H14ClFO3/c1-19-10-4-6-14(20-2)12(8-10)15(18)11-7-9(16)3-5-13(11)17/h3-8,15,18H,1-2H3. The van der Waals surface area contributed by atoms with Crippen LogP contribution in [0.5, 0.6) is 11.5 Å². The van der Waals surface area contributed by atoms with Gasteiger partial charge >= 0.3 is 0 Å². The van der Waals surface area contributed by atoms with Crippen molar-refractivity contribution in [2.75, 3.05) is 14.2 Å². The van der Waals surface area contributed by atoms with Crippen molar-refractivity contribution in [3.05, 3.63) is 58.4 Å². The molecule has 0 aliphatic carbocycles. The fourth-order valence-electron chi connectivity index (χ4n) is 1.94. The molecule has 106 valence electrons. The zero-order valence-electron chi connectivity index (χ0n) is 11.1. The van der Waals surface area contributed by atoms with Gasteiger partial charge in [-0.3, -0.25) is 0 Å². The molecule has 0 aliphatic rings. The summed E-state index contributed by atoms with van der Waals surface area (Å²) in [6.07, 6.45) is -1.20. The molecule has 0 radical (unpaired) electrons. The van der Waals surface area contributed by atoms with E-state index in [9.17, 15) is 9.50 Å². The summed E-state index contributed by atoms with van der Waals surface area (Å²) in [7, 11) is 2.99. The van der Waals surface area contributed by atoms with Gasteiger partial charge in [0.25, 0.3) is 0 Å². The highest BCUT2D eigenvalue weighted by Crippen LogP contribution is 2.34. The highest BCUT2D eigenvalue weighted by Gasteiger charge is 2.20. The van der Waals surface area contributed by atoms with E-state index in [4.69, 9.17) is 21.1 Å². The van der Waals surface area contributed by atoms with Crippen LogP contribution in [0.4, 0.5) is 4.39 Å². The van der Waals surface area contributed by atoms with Gasteiger partial charge in [0.05, 0.1) is 14.2 Å². The van der Waals surface area contributed by atoms with E-state index in [1.807, 2.05) is 0 Å². The van der Waals surface area contributed by atoms with Crippen molar-refractivity contribution in [1.29, 1.82) is 0 Å². The number of methoxy groups -OCH3 is 2. The molecule has 0 amide bonds. The summed E-state index contributed by atoms with van der Waals surface area (Å²) in [5.41, 5.74) is 0.497. The first-order valence-corrected chi connectivity index (χ1v) is 6.29. The lowest BCUT2D eigenvalue weighted by Gasteiger charge is -2.17. The van der Waals surface area contributed by atoms with E-state index < -0.39 is 11.9 Å². The molecule has 0 saturated heterocycles. The normalized spacial score (nSPS) is 12.1. The van der Waals surface area contributed by atoms with Gasteiger partial charge in [-0.25, -0.2) is 4.39 Å². The van der Waals surface area contributed by atoms with Gasteiger partial charge in [-0.2, -0.15) is 0 Å². The Morgan fingerprint density at radius 3 is 2.45 bits per heavy atom.